The van der Waals surface area contributed by atoms with Gasteiger partial charge in [0.25, 0.3) is 11.1 Å². The second-order valence-corrected chi connectivity index (χ2v) is 29.0. The van der Waals surface area contributed by atoms with Crippen molar-refractivity contribution in [3.8, 4) is 6.07 Å². The number of rotatable bonds is 21. The van der Waals surface area contributed by atoms with Crippen molar-refractivity contribution in [2.45, 2.75) is 133 Å². The van der Waals surface area contributed by atoms with Gasteiger partial charge in [0.05, 0.1) is 45.5 Å². The van der Waals surface area contributed by atoms with E-state index >= 15 is 4.57 Å². The van der Waals surface area contributed by atoms with E-state index in [-0.39, 0.29) is 42.9 Å². The highest BCUT2D eigenvalue weighted by atomic mass is 31.2. The lowest BCUT2D eigenvalue weighted by Crippen LogP contribution is -2.50. The van der Waals surface area contributed by atoms with Gasteiger partial charge in [0.2, 0.25) is 0 Å². The van der Waals surface area contributed by atoms with Gasteiger partial charge in [0.1, 0.15) is 36.6 Å². The monoisotopic (exact) mass is 911 g/mol. The third-order valence-electron chi connectivity index (χ3n) is 11.4. The van der Waals surface area contributed by atoms with Crippen molar-refractivity contribution in [2.75, 3.05) is 33.0 Å². The number of phosphoric ester groups is 1. The van der Waals surface area contributed by atoms with Crippen molar-refractivity contribution in [1.82, 2.24) is 19.1 Å². The minimum atomic E-state index is -4.77. The van der Waals surface area contributed by atoms with Gasteiger partial charge in [-0.25, -0.2) is 14.2 Å². The zero-order valence-electron chi connectivity index (χ0n) is 36.7. The minimum absolute atomic E-state index is 0.0398. The van der Waals surface area contributed by atoms with Crippen LogP contribution < -0.4 is 22.5 Å². The van der Waals surface area contributed by atoms with Crippen LogP contribution in [0.5, 0.6) is 0 Å². The van der Waals surface area contributed by atoms with Crippen molar-refractivity contribution in [3.05, 3.63) is 91.5 Å². The Morgan fingerprint density at radius 2 is 1.25 bits per heavy atom. The molecule has 4 heterocycles. The summed E-state index contributed by atoms with van der Waals surface area (Å²) in [5, 5.41) is 8.89. The van der Waals surface area contributed by atoms with Crippen LogP contribution >= 0.6 is 7.82 Å². The fraction of sp³-hybridized carbons (Fsp3) is 0.667. The second-order valence-electron chi connectivity index (χ2n) is 17.8. The van der Waals surface area contributed by atoms with E-state index in [1.54, 1.807) is 0 Å². The first-order valence-electron chi connectivity index (χ1n) is 20.0. The van der Waals surface area contributed by atoms with Gasteiger partial charge in [-0.15, -0.1) is 13.2 Å². The van der Waals surface area contributed by atoms with Gasteiger partial charge in [-0.3, -0.25) is 42.3 Å². The number of hydrogen-bond donors (Lipinski definition) is 2. The largest absolute Gasteiger partial charge is 0.475 e. The van der Waals surface area contributed by atoms with Crippen LogP contribution in [0.1, 0.15) is 60.4 Å². The smallest absolute Gasteiger partial charge is 0.414 e. The number of H-pyrrole nitrogens is 2. The van der Waals surface area contributed by atoms with Gasteiger partial charge >= 0.3 is 19.2 Å². The molecule has 19 nitrogen and oxygen atoms in total. The highest BCUT2D eigenvalue weighted by Gasteiger charge is 2.55. The minimum Gasteiger partial charge on any atom is -0.414 e. The summed E-state index contributed by atoms with van der Waals surface area (Å²) in [6, 6.07) is 4.27. The zero-order chi connectivity index (χ0) is 45.6. The molecule has 9 atom stereocenters. The molecule has 0 aromatic carbocycles. The predicted octanol–water partition coefficient (Wildman–Crippen LogP) is 4.88. The molecule has 1 unspecified atom stereocenters. The summed E-state index contributed by atoms with van der Waals surface area (Å²) >= 11 is 0. The molecular weight excluding hydrogens is 850 g/mol. The maximum absolute atomic E-state index is 15.0. The average Bonchev–Trinajstić information content (AvgIpc) is 3.66. The molecule has 340 valence electrons. The van der Waals surface area contributed by atoms with Crippen LogP contribution in [0, 0.1) is 11.3 Å². The molecule has 4 rings (SSSR count). The van der Waals surface area contributed by atoms with Crippen LogP contribution in [0.25, 0.3) is 0 Å². The molecule has 22 heteroatoms. The van der Waals surface area contributed by atoms with Gasteiger partial charge in [-0.1, -0.05) is 53.7 Å². The van der Waals surface area contributed by atoms with Gasteiger partial charge in [0.15, 0.2) is 29.1 Å². The normalized spacial score (nSPS) is 25.9. The molecule has 2 aliphatic heterocycles. The summed E-state index contributed by atoms with van der Waals surface area (Å²) in [6.07, 6.45) is -3.55. The van der Waals surface area contributed by atoms with Crippen molar-refractivity contribution >= 4 is 24.5 Å². The number of nitrogens with zero attached hydrogens (tertiary/aromatic N) is 3. The SMILES string of the molecule is C=CCO[C@@H]1[C@H](OP(=O)(OCCC#N)OC[C@H]2O[C@@H](n3ccc(=O)[nH]c3=O)[C@@H](OCC=C)[C@@H]2O[Si](C)(C)C(C)(C)C)[C@@H](CO[Si](C)(C)C(C)(C)C)O[C@H]1n1ccc(=O)[nH]c1=O. The van der Waals surface area contributed by atoms with E-state index in [9.17, 15) is 24.4 Å². The molecule has 0 spiro atoms. The number of hydrogen-bond acceptors (Lipinski definition) is 15. The van der Waals surface area contributed by atoms with Crippen LogP contribution in [-0.2, 0) is 45.9 Å². The van der Waals surface area contributed by atoms with E-state index in [2.05, 4.69) is 43.9 Å². The summed E-state index contributed by atoms with van der Waals surface area (Å²) in [5.41, 5.74) is -2.81. The maximum atomic E-state index is 15.0. The Hall–Kier alpha value is -3.37. The van der Waals surface area contributed by atoms with Gasteiger partial charge in [0, 0.05) is 24.5 Å². The van der Waals surface area contributed by atoms with E-state index in [0.29, 0.717) is 0 Å². The summed E-state index contributed by atoms with van der Waals surface area (Å²) in [7, 11) is -9.88. The lowest BCUT2D eigenvalue weighted by Gasteiger charge is -2.40. The number of aromatic amines is 2. The molecule has 0 radical (unpaired) electrons. The van der Waals surface area contributed by atoms with Crippen LogP contribution in [0.3, 0.4) is 0 Å². The number of aromatic nitrogens is 4. The first-order valence-corrected chi connectivity index (χ1v) is 27.3. The first kappa shape index (κ1) is 50.3. The lowest BCUT2D eigenvalue weighted by molar-refractivity contribution is -0.0729. The zero-order valence-corrected chi connectivity index (χ0v) is 39.6. The third kappa shape index (κ3) is 12.4. The number of phosphoric acid groups is 1. The molecule has 2 N–H and O–H groups in total. The molecule has 2 fully saturated rings. The lowest BCUT2D eigenvalue weighted by atomic mass is 10.1. The molecule has 0 saturated carbocycles. The second kappa shape index (κ2) is 20.4. The van der Waals surface area contributed by atoms with E-state index < -0.39 is 103 Å². The Morgan fingerprint density at radius 3 is 1.69 bits per heavy atom. The van der Waals surface area contributed by atoms with E-state index in [0.717, 1.165) is 10.6 Å². The average molecular weight is 912 g/mol. The molecule has 0 bridgehead atoms. The van der Waals surface area contributed by atoms with Crippen molar-refractivity contribution in [3.63, 3.8) is 0 Å². The summed E-state index contributed by atoms with van der Waals surface area (Å²) in [4.78, 5) is 54.8. The highest BCUT2D eigenvalue weighted by Crippen LogP contribution is 2.55. The quantitative estimate of drug-likeness (QED) is 0.0736. The van der Waals surface area contributed by atoms with Crippen LogP contribution in [0.15, 0.2) is 69.0 Å². The molecule has 2 aromatic rings. The Morgan fingerprint density at radius 1 is 0.770 bits per heavy atom. The Balaban J connectivity index is 1.79. The van der Waals surface area contributed by atoms with Gasteiger partial charge in [-0.2, -0.15) is 5.26 Å². The van der Waals surface area contributed by atoms with E-state index in [4.69, 9.17) is 41.4 Å². The number of nitriles is 1. The van der Waals surface area contributed by atoms with Gasteiger partial charge in [-0.05, 0) is 36.3 Å². The van der Waals surface area contributed by atoms with E-state index in [1.807, 2.05) is 53.0 Å². The molecule has 2 aromatic heterocycles. The third-order valence-corrected chi connectivity index (χ3v) is 21.8. The number of ether oxygens (including phenoxy) is 4. The maximum Gasteiger partial charge on any atom is 0.475 e. The van der Waals surface area contributed by atoms with Crippen LogP contribution in [0.4, 0.5) is 0 Å². The van der Waals surface area contributed by atoms with E-state index in [1.165, 1.54) is 35.2 Å². The summed E-state index contributed by atoms with van der Waals surface area (Å²) < 4.78 is 74.3. The Kier molecular flexibility index (Phi) is 16.8. The topological polar surface area (TPSA) is 234 Å². The Bertz CT molecular complexity index is 2150. The molecule has 61 heavy (non-hydrogen) atoms. The van der Waals surface area contributed by atoms with Crippen LogP contribution in [-0.4, -0.2) is 105 Å². The fourth-order valence-corrected chi connectivity index (χ4v) is 9.74. The number of nitrogens with one attached hydrogen (secondary N) is 2. The summed E-state index contributed by atoms with van der Waals surface area (Å²) in [6.45, 7) is 27.0. The molecule has 2 aliphatic rings. The van der Waals surface area contributed by atoms with Crippen molar-refractivity contribution < 1.29 is 45.9 Å². The standard InChI is InChI=1S/C39H62N5O14PSi2/c1-13-21-50-32-30(27(25-54-60(9,10)38(3,4)5)56-34(32)43-19-16-28(45)41-36(43)47)57-59(49,52-23-15-18-40)53-24-26-31(58-61(11,12)39(6,7)8)33(51-22-14-2)35(55-26)44-20-17-29(46)42-37(44)48/h13-14,16-17,19-20,26-27,30-35H,1-2,15,21-25H2,3-12H3,(H,41,45,47)(H,42,46,48)/t26-,27-,30-,31-,32-,33+,34-,35-,59?/m1/s1. The fourth-order valence-electron chi connectivity index (χ4n) is 6.01. The molecule has 2 saturated heterocycles. The van der Waals surface area contributed by atoms with Gasteiger partial charge < -0.3 is 27.8 Å². The summed E-state index contributed by atoms with van der Waals surface area (Å²) in [5.74, 6) is 0. The van der Waals surface area contributed by atoms with Crippen molar-refractivity contribution in [1.29, 1.82) is 5.26 Å². The predicted molar refractivity (Wildman–Crippen MR) is 230 cm³/mol. The molecule has 0 aliphatic carbocycles. The molecular formula is C39H62N5O14PSi2. The first-order chi connectivity index (χ1) is 28.4. The highest BCUT2D eigenvalue weighted by molar-refractivity contribution is 7.48. The Labute approximate surface area is 357 Å². The molecule has 0 amide bonds. The van der Waals surface area contributed by atoms with Crippen LogP contribution in [0.2, 0.25) is 36.3 Å². The van der Waals surface area contributed by atoms with Crippen molar-refractivity contribution in [2.24, 2.45) is 0 Å².